The Bertz CT molecular complexity index is 1240. The number of carbonyl (C=O) groups is 2. The molecule has 1 saturated carbocycles. The van der Waals surface area contributed by atoms with Gasteiger partial charge >= 0.3 is 0 Å². The van der Waals surface area contributed by atoms with Crippen LogP contribution in [-0.4, -0.2) is 28.8 Å². The molecule has 9 heteroatoms. The van der Waals surface area contributed by atoms with Crippen LogP contribution in [-0.2, 0) is 6.54 Å². The van der Waals surface area contributed by atoms with E-state index in [1.165, 1.54) is 4.90 Å². The number of hydrogen-bond acceptors (Lipinski definition) is 3. The van der Waals surface area contributed by atoms with Crippen LogP contribution in [0.4, 0.5) is 23.2 Å². The number of benzene rings is 3. The van der Waals surface area contributed by atoms with Gasteiger partial charge in [-0.25, -0.2) is 17.6 Å². The molecule has 3 N–H and O–H groups in total. The molecule has 0 heterocycles. The number of nitrogens with one attached hydrogen (secondary N) is 1. The highest BCUT2D eigenvalue weighted by molar-refractivity contribution is 6.04. The molecule has 188 valence electrons. The monoisotopic (exact) mass is 499 g/mol. The zero-order chi connectivity index (χ0) is 25.8. The molecule has 0 aliphatic heterocycles. The average molecular weight is 500 g/mol. The summed E-state index contributed by atoms with van der Waals surface area (Å²) in [4.78, 5) is 27.7. The molecule has 0 saturated heterocycles. The second kappa shape index (κ2) is 10.9. The van der Waals surface area contributed by atoms with Gasteiger partial charge in [-0.2, -0.15) is 0 Å². The van der Waals surface area contributed by atoms with Crippen LogP contribution in [0.2, 0.25) is 0 Å². The first-order valence-corrected chi connectivity index (χ1v) is 11.6. The standard InChI is InChI=1S/C27H25F4N3O2/c28-19-9-17(10-20(29)13-19)26(35)33-25-4-2-1-3-16(25)15-34(24-7-5-23(32)6-8-24)27(36)18-11-21(30)14-22(31)12-18/h1-4,9-14,23-24H,5-8,15,32H2,(H,33,35). The van der Waals surface area contributed by atoms with Gasteiger partial charge in [0.05, 0.1) is 0 Å². The summed E-state index contributed by atoms with van der Waals surface area (Å²) in [6, 6.07) is 11.6. The first-order chi connectivity index (χ1) is 17.2. The zero-order valence-electron chi connectivity index (χ0n) is 19.3. The third-order valence-electron chi connectivity index (χ3n) is 6.28. The Morgan fingerprint density at radius 1 is 0.806 bits per heavy atom. The largest absolute Gasteiger partial charge is 0.331 e. The van der Waals surface area contributed by atoms with E-state index in [-0.39, 0.29) is 29.8 Å². The molecule has 36 heavy (non-hydrogen) atoms. The van der Waals surface area contributed by atoms with Crippen LogP contribution in [0.15, 0.2) is 60.7 Å². The van der Waals surface area contributed by atoms with Gasteiger partial charge in [0.15, 0.2) is 0 Å². The Balaban J connectivity index is 1.63. The summed E-state index contributed by atoms with van der Waals surface area (Å²) in [6.45, 7) is 0.0326. The highest BCUT2D eigenvalue weighted by atomic mass is 19.1. The lowest BCUT2D eigenvalue weighted by Gasteiger charge is -2.36. The second-order valence-corrected chi connectivity index (χ2v) is 8.93. The molecule has 0 spiro atoms. The Hall–Kier alpha value is -3.72. The predicted molar refractivity (Wildman–Crippen MR) is 127 cm³/mol. The predicted octanol–water partition coefficient (Wildman–Crippen LogP) is 5.41. The minimum Gasteiger partial charge on any atom is -0.331 e. The third kappa shape index (κ3) is 6.09. The molecule has 5 nitrogen and oxygen atoms in total. The fourth-order valence-corrected chi connectivity index (χ4v) is 4.47. The maximum Gasteiger partial charge on any atom is 0.255 e. The number of nitrogens with zero attached hydrogens (tertiary/aromatic N) is 1. The van der Waals surface area contributed by atoms with E-state index in [2.05, 4.69) is 5.32 Å². The Morgan fingerprint density at radius 2 is 1.33 bits per heavy atom. The number of halogens is 4. The zero-order valence-corrected chi connectivity index (χ0v) is 19.3. The molecule has 0 aromatic heterocycles. The van der Waals surface area contributed by atoms with Crippen molar-refractivity contribution < 1.29 is 27.2 Å². The topological polar surface area (TPSA) is 75.4 Å². The molecule has 0 atom stereocenters. The molecule has 3 aromatic rings. The van der Waals surface area contributed by atoms with Crippen LogP contribution in [0.3, 0.4) is 0 Å². The van der Waals surface area contributed by atoms with Crippen molar-refractivity contribution in [2.24, 2.45) is 5.73 Å². The molecule has 0 radical (unpaired) electrons. The number of nitrogens with two attached hydrogens (primary N) is 1. The highest BCUT2D eigenvalue weighted by Gasteiger charge is 2.30. The number of hydrogen-bond donors (Lipinski definition) is 2. The van der Waals surface area contributed by atoms with Gasteiger partial charge in [-0.3, -0.25) is 9.59 Å². The summed E-state index contributed by atoms with van der Waals surface area (Å²) in [5.74, 6) is -4.78. The first-order valence-electron chi connectivity index (χ1n) is 11.6. The lowest BCUT2D eigenvalue weighted by Crippen LogP contribution is -2.44. The van der Waals surface area contributed by atoms with Crippen molar-refractivity contribution in [3.63, 3.8) is 0 Å². The smallest absolute Gasteiger partial charge is 0.255 e. The number of amides is 2. The van der Waals surface area contributed by atoms with Crippen molar-refractivity contribution >= 4 is 17.5 Å². The van der Waals surface area contributed by atoms with Crippen molar-refractivity contribution in [2.75, 3.05) is 5.32 Å². The van der Waals surface area contributed by atoms with Crippen molar-refractivity contribution in [3.8, 4) is 0 Å². The molecular formula is C27H25F4N3O2. The van der Waals surface area contributed by atoms with Gasteiger partial charge in [0.2, 0.25) is 0 Å². The molecule has 1 fully saturated rings. The lowest BCUT2D eigenvalue weighted by atomic mass is 9.90. The van der Waals surface area contributed by atoms with E-state index in [9.17, 15) is 27.2 Å². The van der Waals surface area contributed by atoms with Crippen LogP contribution in [0.5, 0.6) is 0 Å². The number of para-hydroxylation sites is 1. The average Bonchev–Trinajstić information content (AvgIpc) is 2.82. The Morgan fingerprint density at radius 3 is 1.92 bits per heavy atom. The van der Waals surface area contributed by atoms with Gasteiger partial charge in [0.25, 0.3) is 11.8 Å². The lowest BCUT2D eigenvalue weighted by molar-refractivity contribution is 0.0606. The summed E-state index contributed by atoms with van der Waals surface area (Å²) < 4.78 is 54.9. The maximum absolute atomic E-state index is 13.9. The van der Waals surface area contributed by atoms with Gasteiger partial charge in [0, 0.05) is 47.6 Å². The quantitative estimate of drug-likeness (QED) is 0.446. The molecule has 4 rings (SSSR count). The fourth-order valence-electron chi connectivity index (χ4n) is 4.47. The van der Waals surface area contributed by atoms with E-state index >= 15 is 0 Å². The van der Waals surface area contributed by atoms with Crippen molar-refractivity contribution in [1.29, 1.82) is 0 Å². The van der Waals surface area contributed by atoms with Gasteiger partial charge in [0.1, 0.15) is 23.3 Å². The van der Waals surface area contributed by atoms with E-state index in [0.29, 0.717) is 49.1 Å². The molecular weight excluding hydrogens is 474 g/mol. The minimum absolute atomic E-state index is 0.0167. The Kier molecular flexibility index (Phi) is 7.69. The van der Waals surface area contributed by atoms with E-state index in [1.807, 2.05) is 0 Å². The van der Waals surface area contributed by atoms with Crippen LogP contribution in [0.25, 0.3) is 0 Å². The van der Waals surface area contributed by atoms with E-state index in [1.54, 1.807) is 24.3 Å². The minimum atomic E-state index is -0.886. The number of anilines is 1. The van der Waals surface area contributed by atoms with Crippen LogP contribution >= 0.6 is 0 Å². The molecule has 1 aliphatic rings. The Labute approximate surface area is 205 Å². The molecule has 2 amide bonds. The van der Waals surface area contributed by atoms with Gasteiger partial charge < -0.3 is 16.0 Å². The van der Waals surface area contributed by atoms with E-state index < -0.39 is 35.1 Å². The summed E-state index contributed by atoms with van der Waals surface area (Å²) >= 11 is 0. The summed E-state index contributed by atoms with van der Waals surface area (Å²) in [6.07, 6.45) is 2.61. The SMILES string of the molecule is NC1CCC(N(Cc2ccccc2NC(=O)c2cc(F)cc(F)c2)C(=O)c2cc(F)cc(F)c2)CC1. The van der Waals surface area contributed by atoms with Gasteiger partial charge in [-0.15, -0.1) is 0 Å². The normalized spacial score (nSPS) is 17.5. The number of carbonyl (C=O) groups excluding carboxylic acids is 2. The number of rotatable bonds is 6. The summed E-state index contributed by atoms with van der Waals surface area (Å²) in [7, 11) is 0. The van der Waals surface area contributed by atoms with Crippen molar-refractivity contribution in [3.05, 3.63) is 101 Å². The molecule has 0 unspecified atom stereocenters. The van der Waals surface area contributed by atoms with Gasteiger partial charge in [-0.05, 0) is 61.6 Å². The van der Waals surface area contributed by atoms with Crippen LogP contribution in [0.1, 0.15) is 52.0 Å². The molecule has 3 aromatic carbocycles. The highest BCUT2D eigenvalue weighted by Crippen LogP contribution is 2.28. The van der Waals surface area contributed by atoms with E-state index in [4.69, 9.17) is 5.73 Å². The van der Waals surface area contributed by atoms with Crippen molar-refractivity contribution in [2.45, 2.75) is 44.3 Å². The van der Waals surface area contributed by atoms with Gasteiger partial charge in [-0.1, -0.05) is 18.2 Å². The van der Waals surface area contributed by atoms with Crippen molar-refractivity contribution in [1.82, 2.24) is 4.90 Å². The summed E-state index contributed by atoms with van der Waals surface area (Å²) in [5, 5.41) is 2.64. The van der Waals surface area contributed by atoms with Crippen LogP contribution < -0.4 is 11.1 Å². The summed E-state index contributed by atoms with van der Waals surface area (Å²) in [5.41, 5.74) is 6.58. The maximum atomic E-state index is 13.9. The molecule has 1 aliphatic carbocycles. The third-order valence-corrected chi connectivity index (χ3v) is 6.28. The van der Waals surface area contributed by atoms with Crippen LogP contribution in [0, 0.1) is 23.3 Å². The fraction of sp³-hybridized carbons (Fsp3) is 0.259. The second-order valence-electron chi connectivity index (χ2n) is 8.93. The van der Waals surface area contributed by atoms with E-state index in [0.717, 1.165) is 24.3 Å². The first kappa shape index (κ1) is 25.4. The molecule has 0 bridgehead atoms.